The molecule has 0 spiro atoms. The Morgan fingerprint density at radius 1 is 1.50 bits per heavy atom. The molecule has 0 fully saturated rings. The third kappa shape index (κ3) is 3.05. The van der Waals surface area contributed by atoms with E-state index in [0.29, 0.717) is 18.5 Å². The van der Waals surface area contributed by atoms with Gasteiger partial charge in [0.05, 0.1) is 6.67 Å². The minimum absolute atomic E-state index is 0.345. The van der Waals surface area contributed by atoms with Gasteiger partial charge in [0, 0.05) is 17.8 Å². The van der Waals surface area contributed by atoms with E-state index in [1.165, 1.54) is 0 Å². The Morgan fingerprint density at radius 2 is 2.29 bits per heavy atom. The molecule has 1 aromatic carbocycles. The Kier molecular flexibility index (Phi) is 3.91. The zero-order chi connectivity index (χ0) is 10.4. The molecule has 0 aliphatic heterocycles. The fourth-order valence-electron chi connectivity index (χ4n) is 1.08. The quantitative estimate of drug-likeness (QED) is 0.702. The van der Waals surface area contributed by atoms with Crippen LogP contribution < -0.4 is 11.1 Å². The maximum absolute atomic E-state index is 11.8. The number of anilines is 1. The number of halogens is 1. The topological polar surface area (TPSA) is 55.1 Å². The number of primary amides is 1. The molecule has 3 N–H and O–H groups in total. The SMILES string of the molecule is NC(=O)c1cccc(NCCCF)c1. The molecular weight excluding hydrogens is 183 g/mol. The number of benzene rings is 1. The van der Waals surface area contributed by atoms with Crippen LogP contribution in [0.15, 0.2) is 24.3 Å². The molecule has 0 saturated heterocycles. The van der Waals surface area contributed by atoms with Gasteiger partial charge in [0.2, 0.25) is 5.91 Å². The molecule has 0 aliphatic carbocycles. The number of nitrogens with two attached hydrogens (primary N) is 1. The van der Waals surface area contributed by atoms with Crippen LogP contribution in [-0.4, -0.2) is 19.1 Å². The van der Waals surface area contributed by atoms with Gasteiger partial charge in [-0.3, -0.25) is 9.18 Å². The fourth-order valence-corrected chi connectivity index (χ4v) is 1.08. The van der Waals surface area contributed by atoms with Crippen LogP contribution in [0, 0.1) is 0 Å². The summed E-state index contributed by atoms with van der Waals surface area (Å²) in [6.07, 6.45) is 0.459. The van der Waals surface area contributed by atoms with Crippen molar-refractivity contribution in [2.45, 2.75) is 6.42 Å². The van der Waals surface area contributed by atoms with Crippen LogP contribution >= 0.6 is 0 Å². The van der Waals surface area contributed by atoms with Gasteiger partial charge in [0.25, 0.3) is 0 Å². The van der Waals surface area contributed by atoms with Crippen molar-refractivity contribution in [1.29, 1.82) is 0 Å². The van der Waals surface area contributed by atoms with Crippen molar-refractivity contribution in [3.8, 4) is 0 Å². The molecule has 0 aromatic heterocycles. The second-order valence-electron chi connectivity index (χ2n) is 2.91. The molecule has 0 heterocycles. The van der Waals surface area contributed by atoms with Crippen molar-refractivity contribution in [1.82, 2.24) is 0 Å². The van der Waals surface area contributed by atoms with Crippen molar-refractivity contribution in [3.63, 3.8) is 0 Å². The largest absolute Gasteiger partial charge is 0.385 e. The Bertz CT molecular complexity index is 315. The van der Waals surface area contributed by atoms with Crippen LogP contribution in [0.25, 0.3) is 0 Å². The van der Waals surface area contributed by atoms with E-state index >= 15 is 0 Å². The highest BCUT2D eigenvalue weighted by atomic mass is 19.1. The van der Waals surface area contributed by atoms with E-state index in [1.807, 2.05) is 6.07 Å². The molecule has 14 heavy (non-hydrogen) atoms. The molecule has 4 heteroatoms. The zero-order valence-electron chi connectivity index (χ0n) is 7.79. The van der Waals surface area contributed by atoms with Crippen LogP contribution in [0.3, 0.4) is 0 Å². The van der Waals surface area contributed by atoms with Crippen molar-refractivity contribution in [3.05, 3.63) is 29.8 Å². The first-order chi connectivity index (χ1) is 6.74. The lowest BCUT2D eigenvalue weighted by atomic mass is 10.2. The van der Waals surface area contributed by atoms with E-state index < -0.39 is 5.91 Å². The van der Waals surface area contributed by atoms with Crippen LogP contribution in [0.2, 0.25) is 0 Å². The lowest BCUT2D eigenvalue weighted by Crippen LogP contribution is -2.11. The summed E-state index contributed by atoms with van der Waals surface area (Å²) in [6.45, 7) is 0.210. The highest BCUT2D eigenvalue weighted by Crippen LogP contribution is 2.09. The molecule has 0 unspecified atom stereocenters. The second kappa shape index (κ2) is 5.21. The summed E-state index contributed by atoms with van der Waals surface area (Å²) in [6, 6.07) is 6.84. The second-order valence-corrected chi connectivity index (χ2v) is 2.91. The molecule has 1 aromatic rings. The molecule has 1 rings (SSSR count). The number of amides is 1. The minimum atomic E-state index is -0.459. The third-order valence-corrected chi connectivity index (χ3v) is 1.79. The molecule has 0 bridgehead atoms. The van der Waals surface area contributed by atoms with Crippen molar-refractivity contribution < 1.29 is 9.18 Å². The van der Waals surface area contributed by atoms with E-state index in [2.05, 4.69) is 5.32 Å². The Balaban J connectivity index is 2.59. The minimum Gasteiger partial charge on any atom is -0.385 e. The molecule has 0 atom stereocenters. The first-order valence-electron chi connectivity index (χ1n) is 4.43. The molecule has 76 valence electrons. The summed E-state index contributed by atoms with van der Waals surface area (Å²) in [4.78, 5) is 10.8. The highest BCUT2D eigenvalue weighted by molar-refractivity contribution is 5.93. The maximum Gasteiger partial charge on any atom is 0.248 e. The monoisotopic (exact) mass is 196 g/mol. The number of rotatable bonds is 5. The first kappa shape index (κ1) is 10.5. The summed E-state index contributed by atoms with van der Waals surface area (Å²) >= 11 is 0. The lowest BCUT2D eigenvalue weighted by molar-refractivity contribution is 0.100. The van der Waals surface area contributed by atoms with Crippen LogP contribution in [0.4, 0.5) is 10.1 Å². The number of alkyl halides is 1. The predicted octanol–water partition coefficient (Wildman–Crippen LogP) is 1.56. The van der Waals surface area contributed by atoms with Crippen molar-refractivity contribution >= 4 is 11.6 Å². The van der Waals surface area contributed by atoms with Crippen LogP contribution in [0.1, 0.15) is 16.8 Å². The number of hydrogen-bond donors (Lipinski definition) is 2. The van der Waals surface area contributed by atoms with Crippen molar-refractivity contribution in [2.24, 2.45) is 5.73 Å². The zero-order valence-corrected chi connectivity index (χ0v) is 7.79. The van der Waals surface area contributed by atoms with E-state index in [4.69, 9.17) is 5.73 Å². The van der Waals surface area contributed by atoms with Gasteiger partial charge in [-0.2, -0.15) is 0 Å². The summed E-state index contributed by atoms with van der Waals surface area (Å²) in [5.74, 6) is -0.459. The smallest absolute Gasteiger partial charge is 0.248 e. The third-order valence-electron chi connectivity index (χ3n) is 1.79. The summed E-state index contributed by atoms with van der Waals surface area (Å²) in [7, 11) is 0. The van der Waals surface area contributed by atoms with Crippen molar-refractivity contribution in [2.75, 3.05) is 18.5 Å². The molecule has 1 amide bonds. The van der Waals surface area contributed by atoms with E-state index in [-0.39, 0.29) is 6.67 Å². The number of hydrogen-bond acceptors (Lipinski definition) is 2. The van der Waals surface area contributed by atoms with Gasteiger partial charge in [0.1, 0.15) is 0 Å². The normalized spacial score (nSPS) is 9.79. The Labute approximate surface area is 82.1 Å². The van der Waals surface area contributed by atoms with Gasteiger partial charge in [-0.1, -0.05) is 6.07 Å². The first-order valence-corrected chi connectivity index (χ1v) is 4.43. The number of nitrogens with one attached hydrogen (secondary N) is 1. The fraction of sp³-hybridized carbons (Fsp3) is 0.300. The van der Waals surface area contributed by atoms with Gasteiger partial charge in [-0.05, 0) is 24.6 Å². The summed E-state index contributed by atoms with van der Waals surface area (Å²) in [5.41, 5.74) is 6.35. The Hall–Kier alpha value is -1.58. The van der Waals surface area contributed by atoms with Gasteiger partial charge in [0.15, 0.2) is 0 Å². The lowest BCUT2D eigenvalue weighted by Gasteiger charge is -2.05. The van der Waals surface area contributed by atoms with Gasteiger partial charge < -0.3 is 11.1 Å². The van der Waals surface area contributed by atoms with Gasteiger partial charge in [-0.15, -0.1) is 0 Å². The highest BCUT2D eigenvalue weighted by Gasteiger charge is 2.00. The number of carbonyl (C=O) groups is 1. The van der Waals surface area contributed by atoms with Gasteiger partial charge >= 0.3 is 0 Å². The Morgan fingerprint density at radius 3 is 2.93 bits per heavy atom. The molecule has 0 aliphatic rings. The maximum atomic E-state index is 11.8. The predicted molar refractivity (Wildman–Crippen MR) is 54.0 cm³/mol. The molecular formula is C10H13FN2O. The van der Waals surface area contributed by atoms with E-state index in [0.717, 1.165) is 5.69 Å². The van der Waals surface area contributed by atoms with E-state index in [9.17, 15) is 9.18 Å². The average Bonchev–Trinajstić information content (AvgIpc) is 2.19. The average molecular weight is 196 g/mol. The summed E-state index contributed by atoms with van der Waals surface area (Å²) < 4.78 is 11.8. The molecule has 3 nitrogen and oxygen atoms in total. The summed E-state index contributed by atoms with van der Waals surface area (Å²) in [5, 5.41) is 2.99. The molecule has 0 saturated carbocycles. The standard InChI is InChI=1S/C10H13FN2O/c11-5-2-6-13-9-4-1-3-8(7-9)10(12)14/h1,3-4,7,13H,2,5-6H2,(H2,12,14). The number of carbonyl (C=O) groups excluding carboxylic acids is 1. The van der Waals surface area contributed by atoms with Gasteiger partial charge in [-0.25, -0.2) is 0 Å². The van der Waals surface area contributed by atoms with Crippen LogP contribution in [0.5, 0.6) is 0 Å². The van der Waals surface area contributed by atoms with Crippen LogP contribution in [-0.2, 0) is 0 Å². The molecule has 0 radical (unpaired) electrons. The van der Waals surface area contributed by atoms with E-state index in [1.54, 1.807) is 18.2 Å².